The van der Waals surface area contributed by atoms with Crippen molar-refractivity contribution in [1.82, 2.24) is 10.6 Å². The number of halogens is 3. The van der Waals surface area contributed by atoms with E-state index in [1.807, 2.05) is 0 Å². The molecule has 1 amide bonds. The van der Waals surface area contributed by atoms with Crippen molar-refractivity contribution in [3.63, 3.8) is 0 Å². The topological polar surface area (TPSA) is 137 Å². The average molecular weight is 539 g/mol. The zero-order valence-electron chi connectivity index (χ0n) is 18.6. The van der Waals surface area contributed by atoms with Crippen molar-refractivity contribution in [2.75, 3.05) is 56.1 Å². The largest absolute Gasteiger partial charge is 0.490 e. The van der Waals surface area contributed by atoms with E-state index in [4.69, 9.17) is 14.6 Å². The van der Waals surface area contributed by atoms with Gasteiger partial charge in [-0.1, -0.05) is 6.07 Å². The molecular formula is C20H25F3N4O6S2. The Hall–Kier alpha value is -2.88. The van der Waals surface area contributed by atoms with E-state index in [0.717, 1.165) is 43.2 Å². The zero-order chi connectivity index (χ0) is 26.1. The lowest BCUT2D eigenvalue weighted by Crippen LogP contribution is -2.43. The molecule has 0 atom stereocenters. The minimum absolute atomic E-state index is 0.230. The fourth-order valence-corrected chi connectivity index (χ4v) is 4.98. The first-order valence-corrected chi connectivity index (χ1v) is 12.6. The predicted octanol–water partition coefficient (Wildman–Crippen LogP) is 1.97. The molecule has 1 aromatic heterocycles. The van der Waals surface area contributed by atoms with Gasteiger partial charge in [0.1, 0.15) is 4.21 Å². The number of piperazine rings is 1. The maximum Gasteiger partial charge on any atom is 0.490 e. The zero-order valence-corrected chi connectivity index (χ0v) is 20.2. The van der Waals surface area contributed by atoms with Gasteiger partial charge in [0, 0.05) is 45.4 Å². The Morgan fingerprint density at radius 3 is 2.43 bits per heavy atom. The van der Waals surface area contributed by atoms with Crippen LogP contribution in [0.1, 0.15) is 10.4 Å². The number of nitrogens with zero attached hydrogens (tertiary/aromatic N) is 1. The van der Waals surface area contributed by atoms with Crippen LogP contribution in [0.25, 0.3) is 0 Å². The number of nitrogens with one attached hydrogen (secondary N) is 3. The molecule has 0 unspecified atom stereocenters. The van der Waals surface area contributed by atoms with E-state index in [1.165, 1.54) is 0 Å². The summed E-state index contributed by atoms with van der Waals surface area (Å²) in [6.07, 6.45) is -5.08. The van der Waals surface area contributed by atoms with Gasteiger partial charge in [-0.05, 0) is 29.6 Å². The molecule has 0 saturated carbocycles. The SMILES string of the molecule is COCCNC(=O)c1ccc(N2CCNCC2)c(NS(=O)(=O)c2cccs2)c1.O=C(O)C(F)(F)F. The van der Waals surface area contributed by atoms with Crippen molar-refractivity contribution in [2.24, 2.45) is 0 Å². The molecule has 1 fully saturated rings. The van der Waals surface area contributed by atoms with E-state index in [9.17, 15) is 26.4 Å². The summed E-state index contributed by atoms with van der Waals surface area (Å²) in [6.45, 7) is 3.93. The summed E-state index contributed by atoms with van der Waals surface area (Å²) in [7, 11) is -2.16. The number of carbonyl (C=O) groups is 2. The molecular weight excluding hydrogens is 513 g/mol. The number of hydrogen-bond acceptors (Lipinski definition) is 8. The third-order valence-electron chi connectivity index (χ3n) is 4.55. The van der Waals surface area contributed by atoms with Gasteiger partial charge in [0.15, 0.2) is 0 Å². The smallest absolute Gasteiger partial charge is 0.475 e. The highest BCUT2D eigenvalue weighted by Gasteiger charge is 2.38. The first kappa shape index (κ1) is 28.4. The molecule has 2 heterocycles. The average Bonchev–Trinajstić information content (AvgIpc) is 3.35. The van der Waals surface area contributed by atoms with Gasteiger partial charge in [-0.15, -0.1) is 11.3 Å². The number of rotatable bonds is 8. The van der Waals surface area contributed by atoms with Crippen LogP contribution >= 0.6 is 11.3 Å². The molecule has 0 spiro atoms. The number of thiophene rings is 1. The maximum atomic E-state index is 12.7. The van der Waals surface area contributed by atoms with Gasteiger partial charge < -0.3 is 25.4 Å². The lowest BCUT2D eigenvalue weighted by molar-refractivity contribution is -0.192. The van der Waals surface area contributed by atoms with Crippen LogP contribution in [0.4, 0.5) is 24.5 Å². The molecule has 35 heavy (non-hydrogen) atoms. The number of amides is 1. The second kappa shape index (κ2) is 12.7. The molecule has 4 N–H and O–H groups in total. The van der Waals surface area contributed by atoms with Gasteiger partial charge in [-0.3, -0.25) is 9.52 Å². The van der Waals surface area contributed by atoms with Crippen molar-refractivity contribution in [3.8, 4) is 0 Å². The van der Waals surface area contributed by atoms with Gasteiger partial charge >= 0.3 is 12.1 Å². The van der Waals surface area contributed by atoms with Crippen molar-refractivity contribution < 1.29 is 41.0 Å². The first-order valence-electron chi connectivity index (χ1n) is 10.2. The second-order valence-corrected chi connectivity index (χ2v) is 9.92. The standard InChI is InChI=1S/C18H24N4O4S2.C2HF3O2/c1-26-11-8-20-18(23)14-4-5-16(22-9-6-19-7-10-22)15(13-14)21-28(24,25)17-3-2-12-27-17;3-2(4,5)1(6)7/h2-5,12-13,19,21H,6-11H2,1H3,(H,20,23);(H,6,7). The monoisotopic (exact) mass is 538 g/mol. The highest BCUT2D eigenvalue weighted by molar-refractivity contribution is 7.94. The Kier molecular flexibility index (Phi) is 10.3. The molecule has 2 aromatic rings. The van der Waals surface area contributed by atoms with E-state index < -0.39 is 22.2 Å². The van der Waals surface area contributed by atoms with E-state index in [0.29, 0.717) is 24.4 Å². The summed E-state index contributed by atoms with van der Waals surface area (Å²) in [5.41, 5.74) is 1.55. The molecule has 0 radical (unpaired) electrons. The first-order chi connectivity index (χ1) is 16.5. The fourth-order valence-electron chi connectivity index (χ4n) is 2.92. The molecule has 1 aromatic carbocycles. The van der Waals surface area contributed by atoms with Crippen LogP contribution in [0.2, 0.25) is 0 Å². The maximum absolute atomic E-state index is 12.7. The number of alkyl halides is 3. The number of benzene rings is 1. The number of sulfonamides is 1. The normalized spacial score (nSPS) is 14.0. The molecule has 1 aliphatic rings. The van der Waals surface area contributed by atoms with E-state index in [2.05, 4.69) is 20.3 Å². The third kappa shape index (κ3) is 8.69. The Balaban J connectivity index is 0.000000540. The van der Waals surface area contributed by atoms with Crippen molar-refractivity contribution in [1.29, 1.82) is 0 Å². The Morgan fingerprint density at radius 2 is 1.89 bits per heavy atom. The number of carbonyl (C=O) groups excluding carboxylic acids is 1. The van der Waals surface area contributed by atoms with Crippen molar-refractivity contribution >= 4 is 44.6 Å². The lowest BCUT2D eigenvalue weighted by Gasteiger charge is -2.31. The van der Waals surface area contributed by atoms with Gasteiger partial charge in [0.25, 0.3) is 15.9 Å². The van der Waals surface area contributed by atoms with Crippen LogP contribution in [0.15, 0.2) is 39.9 Å². The number of anilines is 2. The highest BCUT2D eigenvalue weighted by atomic mass is 32.2. The summed E-state index contributed by atoms with van der Waals surface area (Å²) in [5, 5.41) is 14.9. The van der Waals surface area contributed by atoms with Crippen LogP contribution in [-0.4, -0.2) is 78.0 Å². The van der Waals surface area contributed by atoms with Gasteiger partial charge in [0.05, 0.1) is 18.0 Å². The number of methoxy groups -OCH3 is 1. The van der Waals surface area contributed by atoms with Crippen LogP contribution in [-0.2, 0) is 19.6 Å². The molecule has 0 bridgehead atoms. The number of ether oxygens (including phenoxy) is 1. The van der Waals surface area contributed by atoms with Crippen LogP contribution in [0, 0.1) is 0 Å². The summed E-state index contributed by atoms with van der Waals surface area (Å²) in [6, 6.07) is 8.34. The highest BCUT2D eigenvalue weighted by Crippen LogP contribution is 2.30. The lowest BCUT2D eigenvalue weighted by atomic mass is 10.1. The summed E-state index contributed by atoms with van der Waals surface area (Å²) in [4.78, 5) is 23.4. The van der Waals surface area contributed by atoms with Crippen LogP contribution < -0.4 is 20.3 Å². The van der Waals surface area contributed by atoms with Crippen molar-refractivity contribution in [2.45, 2.75) is 10.4 Å². The summed E-state index contributed by atoms with van der Waals surface area (Å²) >= 11 is 1.15. The third-order valence-corrected chi connectivity index (χ3v) is 7.32. The van der Waals surface area contributed by atoms with Gasteiger partial charge in [-0.2, -0.15) is 13.2 Å². The van der Waals surface area contributed by atoms with Crippen LogP contribution in [0.3, 0.4) is 0 Å². The molecule has 10 nitrogen and oxygen atoms in total. The quantitative estimate of drug-likeness (QED) is 0.375. The summed E-state index contributed by atoms with van der Waals surface area (Å²) < 4.78 is 65.1. The molecule has 1 aliphatic heterocycles. The Bertz CT molecular complexity index is 1090. The van der Waals surface area contributed by atoms with Crippen molar-refractivity contribution in [3.05, 3.63) is 41.3 Å². The number of aliphatic carboxylic acids is 1. The van der Waals surface area contributed by atoms with E-state index in [1.54, 1.807) is 42.8 Å². The van der Waals surface area contributed by atoms with Crippen LogP contribution in [0.5, 0.6) is 0 Å². The number of carboxylic acids is 1. The molecule has 15 heteroatoms. The second-order valence-electron chi connectivity index (χ2n) is 7.06. The predicted molar refractivity (Wildman–Crippen MR) is 125 cm³/mol. The minimum atomic E-state index is -5.08. The van der Waals surface area contributed by atoms with E-state index >= 15 is 0 Å². The molecule has 194 valence electrons. The van der Waals surface area contributed by atoms with E-state index in [-0.39, 0.29) is 10.1 Å². The number of hydrogen-bond donors (Lipinski definition) is 4. The Labute approximate surface area is 204 Å². The molecule has 3 rings (SSSR count). The molecule has 0 aliphatic carbocycles. The fraction of sp³-hybridized carbons (Fsp3) is 0.400. The minimum Gasteiger partial charge on any atom is -0.475 e. The summed E-state index contributed by atoms with van der Waals surface area (Å²) in [5.74, 6) is -3.03. The Morgan fingerprint density at radius 1 is 1.23 bits per heavy atom. The number of carboxylic acid groups (broad SMARTS) is 1. The van der Waals surface area contributed by atoms with Gasteiger partial charge in [0.2, 0.25) is 0 Å². The van der Waals surface area contributed by atoms with Gasteiger partial charge in [-0.25, -0.2) is 13.2 Å². The molecule has 1 saturated heterocycles.